The number of para-hydroxylation sites is 1. The average molecular weight is 434 g/mol. The number of amides is 2. The lowest BCUT2D eigenvalue weighted by molar-refractivity contribution is -0.134. The Hall–Kier alpha value is -3.71. The molecule has 2 aromatic rings. The number of carbonyl (C=O) groups is 3. The topological polar surface area (TPSA) is 105 Å². The fourth-order valence-corrected chi connectivity index (χ4v) is 3.18. The van der Waals surface area contributed by atoms with E-state index in [1.807, 2.05) is 30.4 Å². The predicted octanol–water partition coefficient (Wildman–Crippen LogP) is 4.61. The van der Waals surface area contributed by atoms with Gasteiger partial charge in [0.1, 0.15) is 5.75 Å². The normalized spacial score (nSPS) is 15.5. The van der Waals surface area contributed by atoms with Crippen molar-refractivity contribution in [3.05, 3.63) is 78.4 Å². The maximum absolute atomic E-state index is 12.0. The van der Waals surface area contributed by atoms with Crippen LogP contribution in [0.25, 0.3) is 0 Å². The molecule has 0 aliphatic heterocycles. The third-order valence-corrected chi connectivity index (χ3v) is 4.78. The first kappa shape index (κ1) is 23.0. The van der Waals surface area contributed by atoms with Crippen molar-refractivity contribution >= 4 is 29.2 Å². The van der Waals surface area contributed by atoms with Gasteiger partial charge < -0.3 is 20.5 Å². The van der Waals surface area contributed by atoms with Crippen LogP contribution in [-0.4, -0.2) is 29.0 Å². The molecule has 0 heterocycles. The van der Waals surface area contributed by atoms with Crippen LogP contribution >= 0.6 is 0 Å². The van der Waals surface area contributed by atoms with Crippen molar-refractivity contribution < 1.29 is 24.2 Å². The molecular formula is C25H26N2O5. The van der Waals surface area contributed by atoms with E-state index in [4.69, 9.17) is 4.74 Å². The van der Waals surface area contributed by atoms with Crippen LogP contribution in [0.3, 0.4) is 0 Å². The van der Waals surface area contributed by atoms with Crippen molar-refractivity contribution in [2.45, 2.75) is 38.2 Å². The van der Waals surface area contributed by atoms with Crippen molar-refractivity contribution in [2.75, 3.05) is 10.6 Å². The lowest BCUT2D eigenvalue weighted by Crippen LogP contribution is -2.19. The highest BCUT2D eigenvalue weighted by molar-refractivity contribution is 5.99. The summed E-state index contributed by atoms with van der Waals surface area (Å²) >= 11 is 0. The van der Waals surface area contributed by atoms with Crippen LogP contribution in [0.4, 0.5) is 16.2 Å². The zero-order valence-electron chi connectivity index (χ0n) is 17.6. The summed E-state index contributed by atoms with van der Waals surface area (Å²) in [6.07, 6.45) is 7.02. The van der Waals surface area contributed by atoms with E-state index < -0.39 is 6.10 Å². The Bertz CT molecular complexity index is 997. The van der Waals surface area contributed by atoms with Crippen LogP contribution in [0.15, 0.2) is 78.4 Å². The van der Waals surface area contributed by atoms with E-state index in [9.17, 15) is 19.5 Å². The number of anilines is 2. The van der Waals surface area contributed by atoms with Gasteiger partial charge in [-0.2, -0.15) is 0 Å². The highest BCUT2D eigenvalue weighted by Crippen LogP contribution is 2.19. The van der Waals surface area contributed by atoms with Gasteiger partial charge in [-0.1, -0.05) is 30.4 Å². The fourth-order valence-electron chi connectivity index (χ4n) is 3.18. The quantitative estimate of drug-likeness (QED) is 0.231. The number of aliphatic hydroxyl groups excluding tert-OH is 1. The number of benzene rings is 2. The van der Waals surface area contributed by atoms with Crippen molar-refractivity contribution in [1.82, 2.24) is 0 Å². The Morgan fingerprint density at radius 2 is 1.69 bits per heavy atom. The summed E-state index contributed by atoms with van der Waals surface area (Å²) in [7, 11) is 0. The van der Waals surface area contributed by atoms with Crippen LogP contribution in [0.5, 0.6) is 5.75 Å². The summed E-state index contributed by atoms with van der Waals surface area (Å²) in [5.41, 5.74) is 1.91. The maximum Gasteiger partial charge on any atom is 0.323 e. The van der Waals surface area contributed by atoms with E-state index in [0.717, 1.165) is 0 Å². The van der Waals surface area contributed by atoms with Gasteiger partial charge in [-0.05, 0) is 67.3 Å². The molecule has 32 heavy (non-hydrogen) atoms. The average Bonchev–Trinajstić information content (AvgIpc) is 3.09. The molecule has 3 rings (SSSR count). The van der Waals surface area contributed by atoms with Crippen LogP contribution in [0, 0.1) is 0 Å². The van der Waals surface area contributed by atoms with Crippen molar-refractivity contribution in [3.63, 3.8) is 0 Å². The van der Waals surface area contributed by atoms with Gasteiger partial charge in [0.05, 0.1) is 6.10 Å². The number of carbonyl (C=O) groups excluding carboxylic acids is 3. The SMILES string of the molecule is O=C(Nc1ccccc1)Nc1ccc(OC(=O)CCC/C=C\CC2=CC(O)CC2=O)cc1. The number of aliphatic hydroxyl groups is 1. The minimum atomic E-state index is -0.656. The van der Waals surface area contributed by atoms with Crippen molar-refractivity contribution in [3.8, 4) is 5.75 Å². The Balaban J connectivity index is 1.33. The second-order valence-corrected chi connectivity index (χ2v) is 7.40. The third-order valence-electron chi connectivity index (χ3n) is 4.78. The number of hydrogen-bond donors (Lipinski definition) is 3. The van der Waals surface area contributed by atoms with Gasteiger partial charge in [-0.3, -0.25) is 9.59 Å². The minimum absolute atomic E-state index is 0.0104. The number of hydrogen-bond acceptors (Lipinski definition) is 5. The summed E-state index contributed by atoms with van der Waals surface area (Å²) < 4.78 is 5.31. The first-order valence-electron chi connectivity index (χ1n) is 10.5. The van der Waals surface area contributed by atoms with Gasteiger partial charge in [0.25, 0.3) is 0 Å². The Labute approximate surface area is 186 Å². The molecule has 0 saturated carbocycles. The molecule has 7 heteroatoms. The largest absolute Gasteiger partial charge is 0.427 e. The molecule has 0 saturated heterocycles. The van der Waals surface area contributed by atoms with Gasteiger partial charge >= 0.3 is 12.0 Å². The number of urea groups is 1. The number of esters is 1. The molecule has 2 amide bonds. The molecule has 0 spiro atoms. The molecule has 3 N–H and O–H groups in total. The molecule has 166 valence electrons. The van der Waals surface area contributed by atoms with Crippen molar-refractivity contribution in [1.29, 1.82) is 0 Å². The number of rotatable bonds is 9. The molecule has 7 nitrogen and oxygen atoms in total. The molecular weight excluding hydrogens is 408 g/mol. The molecule has 1 aliphatic rings. The molecule has 0 fully saturated rings. The Kier molecular flexibility index (Phi) is 8.34. The zero-order valence-corrected chi connectivity index (χ0v) is 17.6. The Morgan fingerprint density at radius 3 is 2.34 bits per heavy atom. The fraction of sp³-hybridized carbons (Fsp3) is 0.240. The molecule has 1 aliphatic carbocycles. The van der Waals surface area contributed by atoms with Crippen LogP contribution in [0.1, 0.15) is 32.1 Å². The van der Waals surface area contributed by atoms with Gasteiger partial charge in [0.15, 0.2) is 5.78 Å². The van der Waals surface area contributed by atoms with Crippen LogP contribution < -0.4 is 15.4 Å². The molecule has 1 unspecified atom stereocenters. The Morgan fingerprint density at radius 1 is 1.00 bits per heavy atom. The summed E-state index contributed by atoms with van der Waals surface area (Å²) in [5.74, 6) is 0.0614. The number of ketones is 1. The molecule has 0 aromatic heterocycles. The van der Waals surface area contributed by atoms with E-state index in [1.54, 1.807) is 42.5 Å². The molecule has 0 bridgehead atoms. The first-order valence-corrected chi connectivity index (χ1v) is 10.5. The molecule has 0 radical (unpaired) electrons. The number of nitrogens with one attached hydrogen (secondary N) is 2. The van der Waals surface area contributed by atoms with Gasteiger partial charge in [0.2, 0.25) is 0 Å². The maximum atomic E-state index is 12.0. The van der Waals surface area contributed by atoms with E-state index >= 15 is 0 Å². The third kappa shape index (κ3) is 7.52. The highest BCUT2D eigenvalue weighted by atomic mass is 16.5. The lowest BCUT2D eigenvalue weighted by Gasteiger charge is -2.08. The summed E-state index contributed by atoms with van der Waals surface area (Å²) in [6, 6.07) is 15.3. The summed E-state index contributed by atoms with van der Waals surface area (Å²) in [4.78, 5) is 35.6. The van der Waals surface area contributed by atoms with Crippen LogP contribution in [-0.2, 0) is 9.59 Å². The number of allylic oxidation sites excluding steroid dienone is 3. The highest BCUT2D eigenvalue weighted by Gasteiger charge is 2.20. The number of ether oxygens (including phenoxy) is 1. The summed E-state index contributed by atoms with van der Waals surface area (Å²) in [6.45, 7) is 0. The molecule has 1 atom stereocenters. The molecule has 2 aromatic carbocycles. The van der Waals surface area contributed by atoms with Gasteiger partial charge in [0, 0.05) is 24.2 Å². The standard InChI is InChI=1S/C25H26N2O5/c28-21-16-18(23(29)17-21)8-4-1-2-7-11-24(30)32-22-14-12-20(13-15-22)27-25(31)26-19-9-5-3-6-10-19/h1,3-6,9-10,12-16,21,28H,2,7-8,11,17H2,(H2,26,27,31)/b4-1-. The van der Waals surface area contributed by atoms with Gasteiger partial charge in [-0.25, -0.2) is 4.79 Å². The minimum Gasteiger partial charge on any atom is -0.427 e. The van der Waals surface area contributed by atoms with E-state index in [2.05, 4.69) is 10.6 Å². The second-order valence-electron chi connectivity index (χ2n) is 7.40. The predicted molar refractivity (Wildman–Crippen MR) is 122 cm³/mol. The zero-order chi connectivity index (χ0) is 22.8. The first-order chi connectivity index (χ1) is 15.5. The van der Waals surface area contributed by atoms with Crippen LogP contribution in [0.2, 0.25) is 0 Å². The second kappa shape index (κ2) is 11.6. The van der Waals surface area contributed by atoms with Crippen molar-refractivity contribution in [2.24, 2.45) is 0 Å². The monoisotopic (exact) mass is 434 g/mol. The lowest BCUT2D eigenvalue weighted by atomic mass is 10.1. The van der Waals surface area contributed by atoms with E-state index in [-0.39, 0.29) is 30.6 Å². The van der Waals surface area contributed by atoms with E-state index in [1.165, 1.54) is 0 Å². The van der Waals surface area contributed by atoms with E-state index in [0.29, 0.717) is 42.0 Å². The smallest absolute Gasteiger partial charge is 0.323 e. The number of Topliss-reactive ketones (excluding diaryl/α,β-unsaturated/α-hetero) is 1. The number of unbranched alkanes of at least 4 members (excludes halogenated alkanes) is 1. The summed E-state index contributed by atoms with van der Waals surface area (Å²) in [5, 5.41) is 14.8. The van der Waals surface area contributed by atoms with Gasteiger partial charge in [-0.15, -0.1) is 0 Å².